The van der Waals surface area contributed by atoms with Crippen molar-refractivity contribution in [3.05, 3.63) is 35.6 Å². The van der Waals surface area contributed by atoms with E-state index in [9.17, 15) is 9.50 Å². The Hall–Kier alpha value is -0.890. The van der Waals surface area contributed by atoms with Crippen LogP contribution in [0.15, 0.2) is 24.3 Å². The summed E-state index contributed by atoms with van der Waals surface area (Å²) in [6.45, 7) is 2.00. The number of hydrogen-bond acceptors (Lipinski definition) is 1. The second kappa shape index (κ2) is 4.97. The van der Waals surface area contributed by atoms with Crippen molar-refractivity contribution >= 4 is 0 Å². The first kappa shape index (κ1) is 10.2. The van der Waals surface area contributed by atoms with Crippen molar-refractivity contribution in [1.29, 1.82) is 0 Å². The number of rotatable bonds is 4. The van der Waals surface area contributed by atoms with Gasteiger partial charge < -0.3 is 5.11 Å². The van der Waals surface area contributed by atoms with Crippen molar-refractivity contribution in [2.75, 3.05) is 0 Å². The van der Waals surface area contributed by atoms with Crippen molar-refractivity contribution in [1.82, 2.24) is 0 Å². The molecule has 72 valence electrons. The molecule has 0 unspecified atom stereocenters. The van der Waals surface area contributed by atoms with E-state index in [1.807, 2.05) is 6.92 Å². The van der Waals surface area contributed by atoms with Crippen molar-refractivity contribution < 1.29 is 9.50 Å². The van der Waals surface area contributed by atoms with Gasteiger partial charge in [0, 0.05) is 6.42 Å². The predicted molar refractivity (Wildman–Crippen MR) is 51.0 cm³/mol. The van der Waals surface area contributed by atoms with Crippen LogP contribution in [0, 0.1) is 5.82 Å². The molecule has 13 heavy (non-hydrogen) atoms. The lowest BCUT2D eigenvalue weighted by Crippen LogP contribution is -2.10. The fourth-order valence-corrected chi connectivity index (χ4v) is 1.35. The van der Waals surface area contributed by atoms with Crippen molar-refractivity contribution in [3.63, 3.8) is 0 Å². The molecule has 0 aliphatic heterocycles. The minimum atomic E-state index is -0.415. The summed E-state index contributed by atoms with van der Waals surface area (Å²) in [5.41, 5.74) is 0.600. The van der Waals surface area contributed by atoms with Crippen LogP contribution in [0.4, 0.5) is 4.39 Å². The van der Waals surface area contributed by atoms with E-state index >= 15 is 0 Å². The SMILES string of the molecule is CCC[C@H](O)Cc1ccccc1F. The minimum absolute atomic E-state index is 0.224. The third-order valence-electron chi connectivity index (χ3n) is 2.04. The molecule has 0 heterocycles. The first-order valence-electron chi connectivity index (χ1n) is 4.65. The number of benzene rings is 1. The maximum absolute atomic E-state index is 13.1. The first-order valence-corrected chi connectivity index (χ1v) is 4.65. The summed E-state index contributed by atoms with van der Waals surface area (Å²) in [4.78, 5) is 0. The molecule has 0 aromatic heterocycles. The average Bonchev–Trinajstić information content (AvgIpc) is 2.09. The van der Waals surface area contributed by atoms with E-state index < -0.39 is 6.10 Å². The number of aliphatic hydroxyl groups is 1. The van der Waals surface area contributed by atoms with Crippen LogP contribution in [0.3, 0.4) is 0 Å². The van der Waals surface area contributed by atoms with E-state index in [-0.39, 0.29) is 5.82 Å². The Kier molecular flexibility index (Phi) is 3.90. The summed E-state index contributed by atoms with van der Waals surface area (Å²) in [6, 6.07) is 6.59. The third kappa shape index (κ3) is 3.15. The van der Waals surface area contributed by atoms with Crippen LogP contribution in [0.2, 0.25) is 0 Å². The summed E-state index contributed by atoms with van der Waals surface area (Å²) < 4.78 is 13.1. The molecule has 0 aliphatic carbocycles. The Morgan fingerprint density at radius 3 is 2.69 bits per heavy atom. The molecule has 1 N–H and O–H groups in total. The molecule has 1 atom stereocenters. The highest BCUT2D eigenvalue weighted by molar-refractivity contribution is 5.17. The Morgan fingerprint density at radius 1 is 1.38 bits per heavy atom. The maximum atomic E-state index is 13.1. The van der Waals surface area contributed by atoms with Gasteiger partial charge in [-0.3, -0.25) is 0 Å². The summed E-state index contributed by atoms with van der Waals surface area (Å²) in [5, 5.41) is 9.46. The fraction of sp³-hybridized carbons (Fsp3) is 0.455. The highest BCUT2D eigenvalue weighted by Gasteiger charge is 2.07. The van der Waals surface area contributed by atoms with Crippen LogP contribution < -0.4 is 0 Å². The zero-order valence-electron chi connectivity index (χ0n) is 7.83. The molecule has 1 aromatic rings. The molecule has 1 aromatic carbocycles. The van der Waals surface area contributed by atoms with Crippen LogP contribution in [0.5, 0.6) is 0 Å². The Balaban J connectivity index is 2.58. The lowest BCUT2D eigenvalue weighted by Gasteiger charge is -2.09. The van der Waals surface area contributed by atoms with Gasteiger partial charge in [-0.05, 0) is 18.1 Å². The van der Waals surface area contributed by atoms with Gasteiger partial charge in [0.25, 0.3) is 0 Å². The van der Waals surface area contributed by atoms with Crippen LogP contribution >= 0.6 is 0 Å². The van der Waals surface area contributed by atoms with E-state index in [1.165, 1.54) is 6.07 Å². The van der Waals surface area contributed by atoms with Crippen LogP contribution in [0.1, 0.15) is 25.3 Å². The second-order valence-electron chi connectivity index (χ2n) is 3.24. The highest BCUT2D eigenvalue weighted by Crippen LogP contribution is 2.11. The molecular weight excluding hydrogens is 167 g/mol. The lowest BCUT2D eigenvalue weighted by molar-refractivity contribution is 0.162. The largest absolute Gasteiger partial charge is 0.393 e. The smallest absolute Gasteiger partial charge is 0.126 e. The van der Waals surface area contributed by atoms with E-state index in [0.29, 0.717) is 12.0 Å². The Morgan fingerprint density at radius 2 is 2.08 bits per heavy atom. The standard InChI is InChI=1S/C11H15FO/c1-2-5-10(13)8-9-6-3-4-7-11(9)12/h3-4,6-7,10,13H,2,5,8H2,1H3/t10-/m0/s1. The Labute approximate surface area is 78.2 Å². The van der Waals surface area contributed by atoms with Gasteiger partial charge in [0.15, 0.2) is 0 Å². The topological polar surface area (TPSA) is 20.2 Å². The molecular formula is C11H15FO. The first-order chi connectivity index (χ1) is 6.24. The molecule has 0 aliphatic rings. The van der Waals surface area contributed by atoms with Crippen molar-refractivity contribution in [2.45, 2.75) is 32.3 Å². The third-order valence-corrected chi connectivity index (χ3v) is 2.04. The summed E-state index contributed by atoms with van der Waals surface area (Å²) >= 11 is 0. The molecule has 0 radical (unpaired) electrons. The zero-order valence-corrected chi connectivity index (χ0v) is 7.83. The summed E-state index contributed by atoms with van der Waals surface area (Å²) in [7, 11) is 0. The van der Waals surface area contributed by atoms with Gasteiger partial charge in [-0.1, -0.05) is 31.5 Å². The number of aliphatic hydroxyl groups excluding tert-OH is 1. The van der Waals surface area contributed by atoms with Gasteiger partial charge in [-0.25, -0.2) is 4.39 Å². The summed E-state index contributed by atoms with van der Waals surface area (Å²) in [6.07, 6.45) is 1.66. The van der Waals surface area contributed by atoms with Gasteiger partial charge in [0.05, 0.1) is 6.10 Å². The molecule has 0 amide bonds. The van der Waals surface area contributed by atoms with E-state index in [1.54, 1.807) is 18.2 Å². The van der Waals surface area contributed by atoms with Crippen molar-refractivity contribution in [3.8, 4) is 0 Å². The Bertz CT molecular complexity index is 260. The lowest BCUT2D eigenvalue weighted by atomic mass is 10.0. The molecule has 1 nitrogen and oxygen atoms in total. The second-order valence-corrected chi connectivity index (χ2v) is 3.24. The number of halogens is 1. The predicted octanol–water partition coefficient (Wildman–Crippen LogP) is 2.53. The zero-order chi connectivity index (χ0) is 9.68. The van der Waals surface area contributed by atoms with E-state index in [4.69, 9.17) is 0 Å². The number of hydrogen-bond donors (Lipinski definition) is 1. The quantitative estimate of drug-likeness (QED) is 0.758. The van der Waals surface area contributed by atoms with E-state index in [0.717, 1.165) is 12.8 Å². The van der Waals surface area contributed by atoms with Crippen LogP contribution in [0.25, 0.3) is 0 Å². The maximum Gasteiger partial charge on any atom is 0.126 e. The average molecular weight is 182 g/mol. The van der Waals surface area contributed by atoms with Crippen molar-refractivity contribution in [2.24, 2.45) is 0 Å². The van der Waals surface area contributed by atoms with Crippen LogP contribution in [-0.2, 0) is 6.42 Å². The van der Waals surface area contributed by atoms with Gasteiger partial charge in [0.1, 0.15) is 5.82 Å². The fourth-order valence-electron chi connectivity index (χ4n) is 1.35. The summed E-state index contributed by atoms with van der Waals surface area (Å²) in [5.74, 6) is -0.224. The normalized spacial score (nSPS) is 12.8. The monoisotopic (exact) mass is 182 g/mol. The van der Waals surface area contributed by atoms with Crippen LogP contribution in [-0.4, -0.2) is 11.2 Å². The van der Waals surface area contributed by atoms with Gasteiger partial charge in [-0.2, -0.15) is 0 Å². The molecule has 0 saturated heterocycles. The minimum Gasteiger partial charge on any atom is -0.393 e. The van der Waals surface area contributed by atoms with E-state index in [2.05, 4.69) is 0 Å². The molecule has 0 saturated carbocycles. The molecule has 0 bridgehead atoms. The molecule has 0 fully saturated rings. The highest BCUT2D eigenvalue weighted by atomic mass is 19.1. The molecule has 0 spiro atoms. The van der Waals surface area contributed by atoms with Gasteiger partial charge in [0.2, 0.25) is 0 Å². The van der Waals surface area contributed by atoms with Gasteiger partial charge >= 0.3 is 0 Å². The molecule has 1 rings (SSSR count). The van der Waals surface area contributed by atoms with Gasteiger partial charge in [-0.15, -0.1) is 0 Å². The molecule has 2 heteroatoms.